The summed E-state index contributed by atoms with van der Waals surface area (Å²) in [5.41, 5.74) is 1.12. The van der Waals surface area contributed by atoms with Crippen molar-refractivity contribution in [2.75, 3.05) is 7.11 Å². The first kappa shape index (κ1) is 17.4. The number of fused-ring (bicyclic) bond motifs is 2. The third-order valence-electron chi connectivity index (χ3n) is 4.75. The summed E-state index contributed by atoms with van der Waals surface area (Å²) in [4.78, 5) is 31.2. The number of hydrogen-bond donors (Lipinski definition) is 0. The Morgan fingerprint density at radius 2 is 1.66 bits per heavy atom. The minimum absolute atomic E-state index is 0.332. The molecule has 5 aromatic rings. The van der Waals surface area contributed by atoms with E-state index in [0.29, 0.717) is 33.0 Å². The first-order valence-corrected chi connectivity index (χ1v) is 9.76. The van der Waals surface area contributed by atoms with E-state index < -0.39 is 5.69 Å². The van der Waals surface area contributed by atoms with E-state index in [0.717, 1.165) is 9.27 Å². The van der Waals surface area contributed by atoms with Gasteiger partial charge in [-0.3, -0.25) is 9.36 Å². The molecule has 0 radical (unpaired) electrons. The van der Waals surface area contributed by atoms with Crippen LogP contribution >= 0.6 is 11.3 Å². The highest BCUT2D eigenvalue weighted by Gasteiger charge is 2.18. The SMILES string of the molecule is COc1ccc2nc(-n3c(=O)c4ccccc4n(-c4ccccc4)c3=O)sc2c1. The molecule has 142 valence electrons. The maximum atomic E-state index is 13.5. The average Bonchev–Trinajstić information content (AvgIpc) is 3.17. The second-order valence-electron chi connectivity index (χ2n) is 6.44. The van der Waals surface area contributed by atoms with Crippen LogP contribution in [0.1, 0.15) is 0 Å². The summed E-state index contributed by atoms with van der Waals surface area (Å²) >= 11 is 1.28. The zero-order valence-corrected chi connectivity index (χ0v) is 16.2. The van der Waals surface area contributed by atoms with Crippen molar-refractivity contribution in [2.24, 2.45) is 0 Å². The van der Waals surface area contributed by atoms with Crippen LogP contribution in [-0.4, -0.2) is 21.2 Å². The van der Waals surface area contributed by atoms with Crippen molar-refractivity contribution in [1.82, 2.24) is 14.1 Å². The lowest BCUT2D eigenvalue weighted by Crippen LogP contribution is -2.38. The number of hydrogen-bond acceptors (Lipinski definition) is 5. The fraction of sp³-hybridized carbons (Fsp3) is 0.0455. The molecule has 0 fully saturated rings. The topological polar surface area (TPSA) is 66.1 Å². The molecule has 29 heavy (non-hydrogen) atoms. The Bertz CT molecular complexity index is 1480. The van der Waals surface area contributed by atoms with Gasteiger partial charge in [0.05, 0.1) is 33.9 Å². The third kappa shape index (κ3) is 2.75. The van der Waals surface area contributed by atoms with Crippen LogP contribution in [0.3, 0.4) is 0 Å². The third-order valence-corrected chi connectivity index (χ3v) is 5.75. The van der Waals surface area contributed by atoms with E-state index in [1.165, 1.54) is 11.3 Å². The lowest BCUT2D eigenvalue weighted by Gasteiger charge is -2.12. The fourth-order valence-corrected chi connectivity index (χ4v) is 4.36. The van der Waals surface area contributed by atoms with Crippen LogP contribution in [-0.2, 0) is 0 Å². The van der Waals surface area contributed by atoms with Gasteiger partial charge in [0.25, 0.3) is 5.56 Å². The summed E-state index contributed by atoms with van der Waals surface area (Å²) in [5.74, 6) is 0.695. The van der Waals surface area contributed by atoms with Crippen molar-refractivity contribution in [2.45, 2.75) is 0 Å². The van der Waals surface area contributed by atoms with Crippen LogP contribution in [0.4, 0.5) is 0 Å². The Balaban J connectivity index is 1.88. The molecule has 0 saturated carbocycles. The number of benzene rings is 3. The lowest BCUT2D eigenvalue weighted by molar-refractivity contribution is 0.415. The standard InChI is InChI=1S/C22H15N3O3S/c1-28-15-11-12-17-19(13-15)29-21(23-17)25-20(26)16-9-5-6-10-18(16)24(22(25)27)14-7-3-2-4-8-14/h2-13H,1H3. The van der Waals surface area contributed by atoms with Gasteiger partial charge in [0.2, 0.25) is 5.13 Å². The number of aromatic nitrogens is 3. The Morgan fingerprint density at radius 3 is 2.45 bits per heavy atom. The van der Waals surface area contributed by atoms with E-state index in [1.54, 1.807) is 35.9 Å². The molecule has 0 aliphatic rings. The second kappa shape index (κ2) is 6.72. The van der Waals surface area contributed by atoms with Gasteiger partial charge in [-0.05, 0) is 42.5 Å². The number of rotatable bonds is 3. The molecule has 0 N–H and O–H groups in total. The zero-order chi connectivity index (χ0) is 20.0. The minimum atomic E-state index is -0.453. The van der Waals surface area contributed by atoms with E-state index in [-0.39, 0.29) is 5.56 Å². The van der Waals surface area contributed by atoms with E-state index in [4.69, 9.17) is 4.74 Å². The van der Waals surface area contributed by atoms with Crippen LogP contribution in [0.5, 0.6) is 5.75 Å². The minimum Gasteiger partial charge on any atom is -0.497 e. The molecule has 2 heterocycles. The zero-order valence-electron chi connectivity index (χ0n) is 15.4. The van der Waals surface area contributed by atoms with E-state index in [1.807, 2.05) is 48.5 Å². The van der Waals surface area contributed by atoms with Gasteiger partial charge in [-0.2, -0.15) is 0 Å². The van der Waals surface area contributed by atoms with Gasteiger partial charge in [0.1, 0.15) is 5.75 Å². The van der Waals surface area contributed by atoms with Gasteiger partial charge < -0.3 is 4.74 Å². The largest absolute Gasteiger partial charge is 0.497 e. The van der Waals surface area contributed by atoms with E-state index in [9.17, 15) is 9.59 Å². The number of nitrogens with zero attached hydrogens (tertiary/aromatic N) is 3. The molecule has 0 bridgehead atoms. The predicted octanol–water partition coefficient (Wildman–Crippen LogP) is 3.76. The summed E-state index contributed by atoms with van der Waals surface area (Å²) in [5, 5.41) is 0.784. The Morgan fingerprint density at radius 1 is 0.897 bits per heavy atom. The molecular weight excluding hydrogens is 386 g/mol. The van der Waals surface area contributed by atoms with Crippen molar-refractivity contribution in [1.29, 1.82) is 0 Å². The summed E-state index contributed by atoms with van der Waals surface area (Å²) in [7, 11) is 1.59. The summed E-state index contributed by atoms with van der Waals surface area (Å²) in [6, 6.07) is 21.8. The quantitative estimate of drug-likeness (QED) is 0.462. The fourth-order valence-electron chi connectivity index (χ4n) is 3.37. The van der Waals surface area contributed by atoms with Gasteiger partial charge in [-0.25, -0.2) is 14.3 Å². The molecule has 7 heteroatoms. The molecule has 6 nitrogen and oxygen atoms in total. The van der Waals surface area contributed by atoms with Gasteiger partial charge in [0.15, 0.2) is 0 Å². The number of thiazole rings is 1. The summed E-state index contributed by atoms with van der Waals surface area (Å²) in [6.45, 7) is 0. The molecule has 0 atom stereocenters. The molecule has 0 saturated heterocycles. The normalized spacial score (nSPS) is 11.2. The van der Waals surface area contributed by atoms with Crippen molar-refractivity contribution in [3.63, 3.8) is 0 Å². The molecule has 0 aliphatic carbocycles. The maximum Gasteiger partial charge on any atom is 0.342 e. The highest BCUT2D eigenvalue weighted by atomic mass is 32.1. The van der Waals surface area contributed by atoms with Gasteiger partial charge >= 0.3 is 5.69 Å². The van der Waals surface area contributed by atoms with E-state index >= 15 is 0 Å². The van der Waals surface area contributed by atoms with Crippen LogP contribution < -0.4 is 16.0 Å². The number of ether oxygens (including phenoxy) is 1. The summed E-state index contributed by atoms with van der Waals surface area (Å²) in [6.07, 6.45) is 0. The van der Waals surface area contributed by atoms with E-state index in [2.05, 4.69) is 4.98 Å². The highest BCUT2D eigenvalue weighted by Crippen LogP contribution is 2.27. The molecule has 3 aromatic carbocycles. The van der Waals surface area contributed by atoms with Crippen LogP contribution in [0.2, 0.25) is 0 Å². The highest BCUT2D eigenvalue weighted by molar-refractivity contribution is 7.20. The van der Waals surface area contributed by atoms with Crippen molar-refractivity contribution < 1.29 is 4.74 Å². The monoisotopic (exact) mass is 401 g/mol. The Hall–Kier alpha value is -3.71. The molecule has 0 spiro atoms. The smallest absolute Gasteiger partial charge is 0.342 e. The van der Waals surface area contributed by atoms with Crippen LogP contribution in [0.25, 0.3) is 31.9 Å². The predicted molar refractivity (Wildman–Crippen MR) is 115 cm³/mol. The van der Waals surface area contributed by atoms with Crippen molar-refractivity contribution in [3.8, 4) is 16.6 Å². The van der Waals surface area contributed by atoms with Crippen molar-refractivity contribution in [3.05, 3.63) is 93.6 Å². The van der Waals surface area contributed by atoms with Crippen LogP contribution in [0, 0.1) is 0 Å². The van der Waals surface area contributed by atoms with Gasteiger partial charge in [0, 0.05) is 0 Å². The molecule has 0 amide bonds. The Kier molecular flexibility index (Phi) is 4.03. The number of para-hydroxylation sites is 2. The second-order valence-corrected chi connectivity index (χ2v) is 7.45. The van der Waals surface area contributed by atoms with Gasteiger partial charge in [-0.1, -0.05) is 41.7 Å². The summed E-state index contributed by atoms with van der Waals surface area (Å²) < 4.78 is 8.79. The number of methoxy groups -OCH3 is 1. The first-order valence-electron chi connectivity index (χ1n) is 8.94. The molecule has 5 rings (SSSR count). The maximum absolute atomic E-state index is 13.5. The molecule has 2 aromatic heterocycles. The van der Waals surface area contributed by atoms with Gasteiger partial charge in [-0.15, -0.1) is 0 Å². The molecule has 0 unspecified atom stereocenters. The lowest BCUT2D eigenvalue weighted by atomic mass is 10.2. The average molecular weight is 401 g/mol. The molecule has 0 aliphatic heterocycles. The Labute approximate surface area is 168 Å². The van der Waals surface area contributed by atoms with Crippen LogP contribution in [0.15, 0.2) is 82.4 Å². The first-order chi connectivity index (χ1) is 14.2. The van der Waals surface area contributed by atoms with Crippen molar-refractivity contribution >= 4 is 32.5 Å². The molecular formula is C22H15N3O3S.